The number of carbonyl (C=O) groups is 1. The third-order valence-corrected chi connectivity index (χ3v) is 5.15. The number of carbonyl (C=O) groups excluding carboxylic acids is 1. The van der Waals surface area contributed by atoms with Gasteiger partial charge in [0.2, 0.25) is 5.95 Å². The van der Waals surface area contributed by atoms with Crippen molar-refractivity contribution in [3.05, 3.63) is 41.1 Å². The Kier molecular flexibility index (Phi) is 6.62. The first-order valence-corrected chi connectivity index (χ1v) is 9.91. The highest BCUT2D eigenvalue weighted by Gasteiger charge is 2.29. The molecule has 0 spiro atoms. The van der Waals surface area contributed by atoms with Crippen LogP contribution < -0.4 is 4.90 Å². The molecule has 0 saturated carbocycles. The van der Waals surface area contributed by atoms with Crippen LogP contribution in [0.3, 0.4) is 0 Å². The minimum Gasteiger partial charge on any atom is -0.469 e. The smallest absolute Gasteiger partial charge is 0.313 e. The van der Waals surface area contributed by atoms with Gasteiger partial charge in [-0.25, -0.2) is 9.97 Å². The maximum atomic E-state index is 12.6. The second kappa shape index (κ2) is 9.15. The van der Waals surface area contributed by atoms with Gasteiger partial charge in [0.15, 0.2) is 0 Å². The second-order valence-corrected chi connectivity index (χ2v) is 7.20. The molecule has 3 rings (SSSR count). The van der Waals surface area contributed by atoms with E-state index < -0.39 is 0 Å². The molecular formula is C22H29N3O3. The first kappa shape index (κ1) is 20.3. The quantitative estimate of drug-likeness (QED) is 0.710. The van der Waals surface area contributed by atoms with Gasteiger partial charge in [0.05, 0.1) is 31.9 Å². The van der Waals surface area contributed by atoms with E-state index >= 15 is 0 Å². The first-order chi connectivity index (χ1) is 13.5. The molecule has 1 aliphatic heterocycles. The van der Waals surface area contributed by atoms with Gasteiger partial charge in [-0.15, -0.1) is 0 Å². The minimum atomic E-state index is -0.370. The first-order valence-electron chi connectivity index (χ1n) is 9.91. The zero-order valence-electron chi connectivity index (χ0n) is 17.2. The molecule has 1 aromatic heterocycles. The molecule has 1 fully saturated rings. The van der Waals surface area contributed by atoms with Gasteiger partial charge in [0.25, 0.3) is 0 Å². The van der Waals surface area contributed by atoms with Gasteiger partial charge < -0.3 is 14.4 Å². The highest BCUT2D eigenvalue weighted by atomic mass is 16.5. The van der Waals surface area contributed by atoms with Crippen molar-refractivity contribution in [1.82, 2.24) is 9.97 Å². The van der Waals surface area contributed by atoms with Gasteiger partial charge in [-0.05, 0) is 20.3 Å². The summed E-state index contributed by atoms with van der Waals surface area (Å²) in [6.07, 6.45) is 1.57. The van der Waals surface area contributed by atoms with Crippen LogP contribution in [0.25, 0.3) is 11.3 Å². The summed E-state index contributed by atoms with van der Waals surface area (Å²) in [4.78, 5) is 24.4. The number of nitrogens with zero attached hydrogens (tertiary/aromatic N) is 3. The molecule has 2 aromatic rings. The van der Waals surface area contributed by atoms with Crippen molar-refractivity contribution >= 4 is 11.9 Å². The fourth-order valence-electron chi connectivity index (χ4n) is 3.63. The van der Waals surface area contributed by atoms with Gasteiger partial charge in [-0.1, -0.05) is 43.2 Å². The lowest BCUT2D eigenvalue weighted by Crippen LogP contribution is -2.37. The Morgan fingerprint density at radius 3 is 2.46 bits per heavy atom. The van der Waals surface area contributed by atoms with Gasteiger partial charge in [-0.2, -0.15) is 0 Å². The van der Waals surface area contributed by atoms with Crippen LogP contribution in [0.15, 0.2) is 24.3 Å². The normalized spacial score (nSPS) is 15.4. The number of benzene rings is 1. The molecule has 0 amide bonds. The molecule has 1 saturated heterocycles. The lowest BCUT2D eigenvalue weighted by molar-refractivity contribution is -0.142. The number of morpholine rings is 1. The van der Waals surface area contributed by atoms with E-state index in [4.69, 9.17) is 19.4 Å². The maximum Gasteiger partial charge on any atom is 0.313 e. The average Bonchev–Trinajstić information content (AvgIpc) is 2.72. The van der Waals surface area contributed by atoms with Gasteiger partial charge >= 0.3 is 5.97 Å². The molecule has 0 aliphatic carbocycles. The summed E-state index contributed by atoms with van der Waals surface area (Å²) in [5.41, 5.74) is 4.69. The second-order valence-electron chi connectivity index (χ2n) is 7.20. The predicted molar refractivity (Wildman–Crippen MR) is 110 cm³/mol. The Balaban J connectivity index is 2.15. The molecule has 6 nitrogen and oxygen atoms in total. The maximum absolute atomic E-state index is 12.6. The minimum absolute atomic E-state index is 0.235. The molecule has 2 heterocycles. The number of esters is 1. The van der Waals surface area contributed by atoms with Crippen LogP contribution in [0.5, 0.6) is 0 Å². The van der Waals surface area contributed by atoms with Crippen molar-refractivity contribution in [3.63, 3.8) is 0 Å². The molecule has 1 atom stereocenters. The van der Waals surface area contributed by atoms with Crippen LogP contribution >= 0.6 is 0 Å². The van der Waals surface area contributed by atoms with E-state index in [1.54, 1.807) is 0 Å². The van der Waals surface area contributed by atoms with Crippen molar-refractivity contribution in [1.29, 1.82) is 0 Å². The van der Waals surface area contributed by atoms with E-state index in [1.807, 2.05) is 6.92 Å². The topological polar surface area (TPSA) is 64.5 Å². The fraction of sp³-hybridized carbons (Fsp3) is 0.500. The van der Waals surface area contributed by atoms with Crippen LogP contribution in [0, 0.1) is 13.8 Å². The lowest BCUT2D eigenvalue weighted by atomic mass is 9.89. The third-order valence-electron chi connectivity index (χ3n) is 5.15. The van der Waals surface area contributed by atoms with Crippen molar-refractivity contribution in [2.45, 2.75) is 39.5 Å². The number of anilines is 1. The van der Waals surface area contributed by atoms with E-state index in [-0.39, 0.29) is 11.9 Å². The number of hydrogen-bond donors (Lipinski definition) is 0. The molecule has 1 aliphatic rings. The molecular weight excluding hydrogens is 354 g/mol. The van der Waals surface area contributed by atoms with E-state index in [1.165, 1.54) is 12.7 Å². The van der Waals surface area contributed by atoms with Crippen LogP contribution in [-0.4, -0.2) is 49.4 Å². The van der Waals surface area contributed by atoms with E-state index in [9.17, 15) is 4.79 Å². The number of ether oxygens (including phenoxy) is 2. The van der Waals surface area contributed by atoms with E-state index in [0.29, 0.717) is 25.6 Å². The van der Waals surface area contributed by atoms with Crippen molar-refractivity contribution in [3.8, 4) is 11.3 Å². The van der Waals surface area contributed by atoms with Gasteiger partial charge in [0.1, 0.15) is 0 Å². The molecule has 0 N–H and O–H groups in total. The Bertz CT molecular complexity index is 815. The standard InChI is InChI=1S/C22H29N3O3/c1-5-6-18(21(26)27-4)19-16(3)23-22(25-11-13-28-14-12-25)24-20(19)17-9-7-15(2)8-10-17/h7-10,18H,5-6,11-14H2,1-4H3. The van der Waals surface area contributed by atoms with Crippen molar-refractivity contribution in [2.24, 2.45) is 0 Å². The molecule has 1 aromatic carbocycles. The zero-order valence-corrected chi connectivity index (χ0v) is 17.2. The van der Waals surface area contributed by atoms with Crippen LogP contribution in [0.1, 0.15) is 42.5 Å². The summed E-state index contributed by atoms with van der Waals surface area (Å²) >= 11 is 0. The fourth-order valence-corrected chi connectivity index (χ4v) is 3.63. The SMILES string of the molecule is CCCC(C(=O)OC)c1c(C)nc(N2CCOCC2)nc1-c1ccc(C)cc1. The van der Waals surface area contributed by atoms with Crippen molar-refractivity contribution < 1.29 is 14.3 Å². The summed E-state index contributed by atoms with van der Waals surface area (Å²) in [5, 5.41) is 0. The van der Waals surface area contributed by atoms with Crippen LogP contribution in [0.2, 0.25) is 0 Å². The summed E-state index contributed by atoms with van der Waals surface area (Å²) in [5.74, 6) is 0.0892. The Morgan fingerprint density at radius 1 is 1.18 bits per heavy atom. The average molecular weight is 383 g/mol. The van der Waals surface area contributed by atoms with Crippen molar-refractivity contribution in [2.75, 3.05) is 38.3 Å². The molecule has 1 unspecified atom stereocenters. The third kappa shape index (κ3) is 4.33. The Morgan fingerprint density at radius 2 is 1.86 bits per heavy atom. The number of methoxy groups -OCH3 is 1. The largest absolute Gasteiger partial charge is 0.469 e. The number of aryl methyl sites for hydroxylation is 2. The van der Waals surface area contributed by atoms with Crippen LogP contribution in [-0.2, 0) is 14.3 Å². The molecule has 28 heavy (non-hydrogen) atoms. The summed E-state index contributed by atoms with van der Waals surface area (Å²) in [6.45, 7) is 8.96. The summed E-state index contributed by atoms with van der Waals surface area (Å²) in [7, 11) is 1.44. The summed E-state index contributed by atoms with van der Waals surface area (Å²) < 4.78 is 10.6. The predicted octanol–water partition coefficient (Wildman–Crippen LogP) is 3.65. The highest BCUT2D eigenvalue weighted by Crippen LogP contribution is 2.35. The number of hydrogen-bond acceptors (Lipinski definition) is 6. The molecule has 0 bridgehead atoms. The van der Waals surface area contributed by atoms with Gasteiger partial charge in [0, 0.05) is 29.9 Å². The Hall–Kier alpha value is -2.47. The molecule has 0 radical (unpaired) electrons. The highest BCUT2D eigenvalue weighted by molar-refractivity contribution is 5.82. The number of rotatable bonds is 6. The Labute approximate surface area is 166 Å². The summed E-state index contributed by atoms with van der Waals surface area (Å²) in [6, 6.07) is 8.25. The monoisotopic (exact) mass is 383 g/mol. The molecule has 150 valence electrons. The van der Waals surface area contributed by atoms with Crippen LogP contribution in [0.4, 0.5) is 5.95 Å². The van der Waals surface area contributed by atoms with E-state index in [0.717, 1.165) is 42.0 Å². The molecule has 6 heteroatoms. The lowest BCUT2D eigenvalue weighted by Gasteiger charge is -2.28. The number of aromatic nitrogens is 2. The van der Waals surface area contributed by atoms with E-state index in [2.05, 4.69) is 43.0 Å². The zero-order chi connectivity index (χ0) is 20.1. The van der Waals surface area contributed by atoms with Gasteiger partial charge in [-0.3, -0.25) is 4.79 Å².